The first-order chi connectivity index (χ1) is 13.5. The van der Waals surface area contributed by atoms with Gasteiger partial charge in [0.15, 0.2) is 0 Å². The molecule has 0 saturated carbocycles. The largest absolute Gasteiger partial charge is 0.547 e. The highest BCUT2D eigenvalue weighted by atomic mass is 32.2. The molecule has 0 spiro atoms. The van der Waals surface area contributed by atoms with Gasteiger partial charge in [-0.3, -0.25) is 4.79 Å². The normalized spacial score (nSPS) is 15.6. The molecule has 1 aliphatic rings. The Morgan fingerprint density at radius 3 is 3.04 bits per heavy atom. The number of thioether (sulfide) groups is 1. The highest BCUT2D eigenvalue weighted by Gasteiger charge is 2.37. The van der Waals surface area contributed by atoms with Crippen molar-refractivity contribution in [3.63, 3.8) is 0 Å². The highest BCUT2D eigenvalue weighted by molar-refractivity contribution is 7.98. The number of hydrogen-bond acceptors (Lipinski definition) is 8. The van der Waals surface area contributed by atoms with Crippen LogP contribution in [0.25, 0.3) is 0 Å². The first kappa shape index (κ1) is 20.2. The predicted octanol–water partition coefficient (Wildman–Crippen LogP) is -0.692. The number of rotatable bonds is 8. The molecule has 12 heteroatoms. The van der Waals surface area contributed by atoms with Crippen LogP contribution in [0.1, 0.15) is 21.6 Å². The van der Waals surface area contributed by atoms with Crippen molar-refractivity contribution in [3.05, 3.63) is 41.2 Å². The summed E-state index contributed by atoms with van der Waals surface area (Å²) in [5, 5.41) is 30.0. The second-order valence-electron chi connectivity index (χ2n) is 6.23. The van der Waals surface area contributed by atoms with E-state index in [1.165, 1.54) is 10.7 Å². The van der Waals surface area contributed by atoms with E-state index >= 15 is 0 Å². The van der Waals surface area contributed by atoms with E-state index in [0.29, 0.717) is 17.9 Å². The average Bonchev–Trinajstić information content (AvgIpc) is 3.09. The molecular formula is C16H20BN5O5S. The number of aromatic nitrogens is 3. The third-order valence-electron chi connectivity index (χ3n) is 4.10. The zero-order valence-corrected chi connectivity index (χ0v) is 15.8. The van der Waals surface area contributed by atoms with Crippen molar-refractivity contribution in [2.24, 2.45) is 5.73 Å². The van der Waals surface area contributed by atoms with Gasteiger partial charge in [0.05, 0.1) is 17.2 Å². The number of nitrogens with two attached hydrogens (primary N) is 1. The second kappa shape index (κ2) is 9.08. The Labute approximate surface area is 165 Å². The molecule has 1 amide bonds. The summed E-state index contributed by atoms with van der Waals surface area (Å²) < 4.78 is 6.78. The van der Waals surface area contributed by atoms with Crippen LogP contribution in [-0.2, 0) is 23.5 Å². The van der Waals surface area contributed by atoms with Gasteiger partial charge in [-0.25, -0.2) is 9.48 Å². The second-order valence-corrected chi connectivity index (χ2v) is 7.34. The van der Waals surface area contributed by atoms with E-state index in [9.17, 15) is 19.7 Å². The Morgan fingerprint density at radius 1 is 1.46 bits per heavy atom. The van der Waals surface area contributed by atoms with Crippen molar-refractivity contribution in [1.82, 2.24) is 20.3 Å². The van der Waals surface area contributed by atoms with Gasteiger partial charge in [-0.15, -0.1) is 5.10 Å². The fourth-order valence-electron chi connectivity index (χ4n) is 2.86. The molecule has 28 heavy (non-hydrogen) atoms. The number of hydrogen-bond donors (Lipinski definition) is 4. The van der Waals surface area contributed by atoms with Gasteiger partial charge in [0.2, 0.25) is 5.91 Å². The molecule has 0 fully saturated rings. The molecule has 1 atom stereocenters. The lowest BCUT2D eigenvalue weighted by Gasteiger charge is -2.28. The molecule has 10 nitrogen and oxygen atoms in total. The van der Waals surface area contributed by atoms with E-state index in [4.69, 9.17) is 10.4 Å². The molecule has 0 unspecified atom stereocenters. The molecule has 2 heterocycles. The van der Waals surface area contributed by atoms with Crippen molar-refractivity contribution >= 4 is 30.8 Å². The van der Waals surface area contributed by atoms with E-state index in [1.54, 1.807) is 30.1 Å². The third kappa shape index (κ3) is 4.83. The van der Waals surface area contributed by atoms with Gasteiger partial charge >= 0.3 is 13.1 Å². The molecule has 1 aromatic heterocycles. The van der Waals surface area contributed by atoms with Crippen LogP contribution in [0.4, 0.5) is 0 Å². The Bertz CT molecular complexity index is 864. The number of nitrogens with zero attached hydrogens (tertiary/aromatic N) is 3. The number of aromatic carboxylic acids is 1. The van der Waals surface area contributed by atoms with Gasteiger partial charge in [0.25, 0.3) is 0 Å². The number of carbonyl (C=O) groups is 2. The fourth-order valence-corrected chi connectivity index (χ4v) is 3.51. The molecule has 0 aliphatic carbocycles. The number of nitrogens with one attached hydrogen (secondary N) is 1. The van der Waals surface area contributed by atoms with Gasteiger partial charge < -0.3 is 25.8 Å². The topological polar surface area (TPSA) is 153 Å². The molecule has 0 radical (unpaired) electrons. The summed E-state index contributed by atoms with van der Waals surface area (Å²) in [7, 11) is -1.35. The molecule has 3 rings (SSSR count). The number of amides is 1. The SMILES string of the molecule is NCCSCc1cn(CC(=O)N[C@H]2Cc3cccc(C(=O)O)c3OB2O)nn1. The summed E-state index contributed by atoms with van der Waals surface area (Å²) in [6.07, 6.45) is 1.94. The van der Waals surface area contributed by atoms with Crippen molar-refractivity contribution in [2.45, 2.75) is 24.7 Å². The lowest BCUT2D eigenvalue weighted by molar-refractivity contribution is -0.122. The predicted molar refractivity (Wildman–Crippen MR) is 103 cm³/mol. The summed E-state index contributed by atoms with van der Waals surface area (Å²) in [5.41, 5.74) is 6.78. The number of fused-ring (bicyclic) bond motifs is 1. The lowest BCUT2D eigenvalue weighted by atomic mass is 9.72. The van der Waals surface area contributed by atoms with Crippen LogP contribution in [0.15, 0.2) is 24.4 Å². The van der Waals surface area contributed by atoms with Gasteiger partial charge in [-0.2, -0.15) is 11.8 Å². The van der Waals surface area contributed by atoms with Gasteiger partial charge in [0, 0.05) is 24.2 Å². The summed E-state index contributed by atoms with van der Waals surface area (Å²) in [6, 6.07) is 4.71. The lowest BCUT2D eigenvalue weighted by Crippen LogP contribution is -2.53. The summed E-state index contributed by atoms with van der Waals surface area (Å²) >= 11 is 1.63. The van der Waals surface area contributed by atoms with Gasteiger partial charge in [-0.1, -0.05) is 17.3 Å². The van der Waals surface area contributed by atoms with Crippen LogP contribution in [0, 0.1) is 0 Å². The Balaban J connectivity index is 1.59. The van der Waals surface area contributed by atoms with Crippen LogP contribution in [0.3, 0.4) is 0 Å². The minimum atomic E-state index is -1.35. The first-order valence-electron chi connectivity index (χ1n) is 8.64. The van der Waals surface area contributed by atoms with Crippen LogP contribution >= 0.6 is 11.8 Å². The maximum atomic E-state index is 12.3. The first-order valence-corrected chi connectivity index (χ1v) is 9.79. The highest BCUT2D eigenvalue weighted by Crippen LogP contribution is 2.30. The van der Waals surface area contributed by atoms with Crippen molar-refractivity contribution in [2.75, 3.05) is 12.3 Å². The molecule has 0 saturated heterocycles. The molecule has 1 aliphatic heterocycles. The standard InChI is InChI=1S/C16H20BN5O5S/c18-4-5-28-9-11-7-22(21-20-11)8-14(23)19-13-6-10-2-1-3-12(16(24)25)15(10)27-17(13)26/h1-3,7,13,26H,4-6,8-9,18H2,(H,19,23)(H,24,25)/t13-/m0/s1. The van der Waals surface area contributed by atoms with Gasteiger partial charge in [0.1, 0.15) is 12.3 Å². The van der Waals surface area contributed by atoms with Crippen LogP contribution < -0.4 is 15.7 Å². The number of para-hydroxylation sites is 1. The van der Waals surface area contributed by atoms with E-state index in [1.807, 2.05) is 0 Å². The van der Waals surface area contributed by atoms with Crippen molar-refractivity contribution < 1.29 is 24.4 Å². The van der Waals surface area contributed by atoms with Crippen LogP contribution in [0.2, 0.25) is 0 Å². The molecule has 5 N–H and O–H groups in total. The van der Waals surface area contributed by atoms with Crippen molar-refractivity contribution in [1.29, 1.82) is 0 Å². The van der Waals surface area contributed by atoms with E-state index in [2.05, 4.69) is 15.6 Å². The maximum absolute atomic E-state index is 12.3. The monoisotopic (exact) mass is 405 g/mol. The molecule has 2 aromatic rings. The maximum Gasteiger partial charge on any atom is 0.547 e. The number of carbonyl (C=O) groups excluding carboxylic acids is 1. The van der Waals surface area contributed by atoms with Gasteiger partial charge in [-0.05, 0) is 18.1 Å². The minimum Gasteiger partial charge on any atom is -0.534 e. The molecular weight excluding hydrogens is 385 g/mol. The molecule has 148 valence electrons. The minimum absolute atomic E-state index is 0.0241. The average molecular weight is 405 g/mol. The number of benzene rings is 1. The van der Waals surface area contributed by atoms with Crippen LogP contribution in [-0.4, -0.2) is 62.4 Å². The Hall–Kier alpha value is -2.57. The zero-order valence-electron chi connectivity index (χ0n) is 14.9. The number of carboxylic acids is 1. The molecule has 1 aromatic carbocycles. The van der Waals surface area contributed by atoms with Crippen LogP contribution in [0.5, 0.6) is 5.75 Å². The van der Waals surface area contributed by atoms with E-state index in [-0.39, 0.29) is 30.2 Å². The summed E-state index contributed by atoms with van der Waals surface area (Å²) in [6.45, 7) is 0.532. The summed E-state index contributed by atoms with van der Waals surface area (Å²) in [5.74, 6) is -0.597. The smallest absolute Gasteiger partial charge is 0.534 e. The Morgan fingerprint density at radius 2 is 2.29 bits per heavy atom. The van der Waals surface area contributed by atoms with E-state index in [0.717, 1.165) is 11.4 Å². The molecule has 0 bridgehead atoms. The summed E-state index contributed by atoms with van der Waals surface area (Å²) in [4.78, 5) is 23.6. The van der Waals surface area contributed by atoms with E-state index < -0.39 is 19.0 Å². The Kier molecular flexibility index (Phi) is 6.55. The fraction of sp³-hybridized carbons (Fsp3) is 0.375. The van der Waals surface area contributed by atoms with Crippen molar-refractivity contribution in [3.8, 4) is 5.75 Å². The quantitative estimate of drug-likeness (QED) is 0.330. The zero-order chi connectivity index (χ0) is 20.1. The number of carboxylic acid groups (broad SMARTS) is 1. The third-order valence-corrected chi connectivity index (χ3v) is 5.12.